The van der Waals surface area contributed by atoms with Crippen LogP contribution in [0.1, 0.15) is 36.0 Å². The highest BCUT2D eigenvalue weighted by atomic mass is 16.5. The Morgan fingerprint density at radius 2 is 2.00 bits per heavy atom. The molecule has 0 spiro atoms. The van der Waals surface area contributed by atoms with Gasteiger partial charge in [-0.25, -0.2) is 0 Å². The first kappa shape index (κ1) is 13.4. The van der Waals surface area contributed by atoms with Crippen LogP contribution in [-0.4, -0.2) is 24.6 Å². The number of methoxy groups -OCH3 is 1. The van der Waals surface area contributed by atoms with Gasteiger partial charge in [0.15, 0.2) is 0 Å². The highest BCUT2D eigenvalue weighted by molar-refractivity contribution is 5.95. The summed E-state index contributed by atoms with van der Waals surface area (Å²) in [5.41, 5.74) is 5.08. The van der Waals surface area contributed by atoms with Gasteiger partial charge in [-0.3, -0.25) is 9.59 Å². The minimum absolute atomic E-state index is 0.191. The van der Waals surface area contributed by atoms with Crippen molar-refractivity contribution in [3.05, 3.63) is 29.8 Å². The molecule has 1 aromatic rings. The number of benzene rings is 1. The lowest BCUT2D eigenvalue weighted by atomic mass is 9.77. The largest absolute Gasteiger partial charge is 0.486 e. The molecule has 0 aromatic heterocycles. The Hall–Kier alpha value is -2.04. The lowest BCUT2D eigenvalue weighted by molar-refractivity contribution is -0.148. The first-order valence-corrected chi connectivity index (χ1v) is 6.21. The van der Waals surface area contributed by atoms with E-state index in [9.17, 15) is 9.59 Å². The number of rotatable bonds is 5. The maximum absolute atomic E-state index is 11.4. The predicted octanol–water partition coefficient (Wildman–Crippen LogP) is 1.65. The van der Waals surface area contributed by atoms with E-state index in [0.29, 0.717) is 11.3 Å². The minimum Gasteiger partial charge on any atom is -0.486 e. The lowest BCUT2D eigenvalue weighted by Gasteiger charge is -2.41. The zero-order valence-corrected chi connectivity index (χ0v) is 10.8. The predicted molar refractivity (Wildman–Crippen MR) is 68.8 cm³/mol. The molecule has 0 unspecified atom stereocenters. The van der Waals surface area contributed by atoms with E-state index in [0.717, 1.165) is 19.3 Å². The Labute approximate surface area is 111 Å². The molecule has 0 heterocycles. The molecule has 0 bridgehead atoms. The molecule has 1 aliphatic carbocycles. The van der Waals surface area contributed by atoms with Gasteiger partial charge in [0.05, 0.1) is 19.1 Å². The molecule has 2 rings (SSSR count). The van der Waals surface area contributed by atoms with Crippen molar-refractivity contribution in [2.45, 2.75) is 31.3 Å². The number of esters is 1. The molecule has 0 saturated heterocycles. The zero-order chi connectivity index (χ0) is 13.9. The Balaban J connectivity index is 2.19. The van der Waals surface area contributed by atoms with Gasteiger partial charge in [0, 0.05) is 0 Å². The average Bonchev–Trinajstić information content (AvgIpc) is 2.36. The second-order valence-corrected chi connectivity index (χ2v) is 4.75. The fourth-order valence-electron chi connectivity index (χ4n) is 2.21. The van der Waals surface area contributed by atoms with Gasteiger partial charge < -0.3 is 15.2 Å². The average molecular weight is 263 g/mol. The second kappa shape index (κ2) is 5.30. The second-order valence-electron chi connectivity index (χ2n) is 4.75. The van der Waals surface area contributed by atoms with Crippen molar-refractivity contribution in [2.75, 3.05) is 7.11 Å². The van der Waals surface area contributed by atoms with Gasteiger partial charge in [-0.05, 0) is 31.4 Å². The normalized spacial score (nSPS) is 16.3. The Bertz CT molecular complexity index is 494. The van der Waals surface area contributed by atoms with E-state index in [1.165, 1.54) is 7.11 Å². The molecule has 1 saturated carbocycles. The summed E-state index contributed by atoms with van der Waals surface area (Å²) >= 11 is 0. The van der Waals surface area contributed by atoms with Crippen LogP contribution in [0.4, 0.5) is 0 Å². The molecular formula is C14H17NO4. The number of carbonyl (C=O) groups is 2. The van der Waals surface area contributed by atoms with E-state index in [2.05, 4.69) is 4.74 Å². The lowest BCUT2D eigenvalue weighted by Crippen LogP contribution is -2.45. The molecule has 1 aromatic carbocycles. The van der Waals surface area contributed by atoms with Crippen LogP contribution in [0.2, 0.25) is 0 Å². The number of para-hydroxylation sites is 1. The monoisotopic (exact) mass is 263 g/mol. The van der Waals surface area contributed by atoms with Crippen molar-refractivity contribution in [3.8, 4) is 5.75 Å². The molecule has 0 radical (unpaired) electrons. The third-order valence-electron chi connectivity index (χ3n) is 3.44. The van der Waals surface area contributed by atoms with Crippen molar-refractivity contribution < 1.29 is 19.1 Å². The van der Waals surface area contributed by atoms with Crippen LogP contribution in [0.3, 0.4) is 0 Å². The van der Waals surface area contributed by atoms with E-state index < -0.39 is 11.5 Å². The zero-order valence-electron chi connectivity index (χ0n) is 10.8. The summed E-state index contributed by atoms with van der Waals surface area (Å²) in [4.78, 5) is 22.8. The topological polar surface area (TPSA) is 78.6 Å². The summed E-state index contributed by atoms with van der Waals surface area (Å²) in [7, 11) is 1.35. The molecular weight excluding hydrogens is 246 g/mol. The van der Waals surface area contributed by atoms with Crippen molar-refractivity contribution in [2.24, 2.45) is 5.73 Å². The van der Waals surface area contributed by atoms with Gasteiger partial charge >= 0.3 is 5.97 Å². The van der Waals surface area contributed by atoms with Crippen LogP contribution in [0.5, 0.6) is 5.75 Å². The van der Waals surface area contributed by atoms with Crippen LogP contribution in [0.25, 0.3) is 0 Å². The fourth-order valence-corrected chi connectivity index (χ4v) is 2.21. The van der Waals surface area contributed by atoms with Gasteiger partial charge in [0.2, 0.25) is 0 Å². The first-order valence-electron chi connectivity index (χ1n) is 6.21. The maximum Gasteiger partial charge on any atom is 0.309 e. The van der Waals surface area contributed by atoms with Crippen LogP contribution < -0.4 is 10.5 Å². The van der Waals surface area contributed by atoms with Gasteiger partial charge in [-0.2, -0.15) is 0 Å². The number of carbonyl (C=O) groups excluding carboxylic acids is 2. The number of primary amides is 1. The fraction of sp³-hybridized carbons (Fsp3) is 0.429. The van der Waals surface area contributed by atoms with E-state index >= 15 is 0 Å². The molecule has 5 heteroatoms. The molecule has 2 N–H and O–H groups in total. The van der Waals surface area contributed by atoms with E-state index in [1.807, 2.05) is 0 Å². The van der Waals surface area contributed by atoms with Gasteiger partial charge in [0.25, 0.3) is 5.91 Å². The van der Waals surface area contributed by atoms with Gasteiger partial charge in [-0.15, -0.1) is 0 Å². The molecule has 1 fully saturated rings. The van der Waals surface area contributed by atoms with E-state index in [-0.39, 0.29) is 12.4 Å². The van der Waals surface area contributed by atoms with Crippen molar-refractivity contribution >= 4 is 11.9 Å². The quantitative estimate of drug-likeness (QED) is 0.819. The molecule has 102 valence electrons. The van der Waals surface area contributed by atoms with Gasteiger partial charge in [0.1, 0.15) is 11.4 Å². The summed E-state index contributed by atoms with van der Waals surface area (Å²) in [6.45, 7) is 0. The Morgan fingerprint density at radius 3 is 2.53 bits per heavy atom. The molecule has 1 aliphatic rings. The molecule has 0 aliphatic heterocycles. The van der Waals surface area contributed by atoms with Crippen molar-refractivity contribution in [1.82, 2.24) is 0 Å². The summed E-state index contributed by atoms with van der Waals surface area (Å²) in [6.07, 6.45) is 2.73. The SMILES string of the molecule is COC(=O)CC1(Oc2ccccc2C(N)=O)CCC1. The smallest absolute Gasteiger partial charge is 0.309 e. The molecule has 5 nitrogen and oxygen atoms in total. The van der Waals surface area contributed by atoms with Gasteiger partial charge in [-0.1, -0.05) is 12.1 Å². The summed E-state index contributed by atoms with van der Waals surface area (Å²) < 4.78 is 10.6. The number of ether oxygens (including phenoxy) is 2. The number of hydrogen-bond acceptors (Lipinski definition) is 4. The highest BCUT2D eigenvalue weighted by Gasteiger charge is 2.42. The molecule has 0 atom stereocenters. The van der Waals surface area contributed by atoms with E-state index in [4.69, 9.17) is 10.5 Å². The van der Waals surface area contributed by atoms with Crippen LogP contribution in [0, 0.1) is 0 Å². The minimum atomic E-state index is -0.557. The van der Waals surface area contributed by atoms with Crippen LogP contribution in [-0.2, 0) is 9.53 Å². The summed E-state index contributed by atoms with van der Waals surface area (Å²) in [5.74, 6) is -0.419. The third-order valence-corrected chi connectivity index (χ3v) is 3.44. The first-order chi connectivity index (χ1) is 9.06. The van der Waals surface area contributed by atoms with Crippen molar-refractivity contribution in [1.29, 1.82) is 0 Å². The summed E-state index contributed by atoms with van der Waals surface area (Å²) in [5, 5.41) is 0. The summed E-state index contributed by atoms with van der Waals surface area (Å²) in [6, 6.07) is 6.80. The van der Waals surface area contributed by atoms with Crippen molar-refractivity contribution in [3.63, 3.8) is 0 Å². The Morgan fingerprint density at radius 1 is 1.32 bits per heavy atom. The van der Waals surface area contributed by atoms with E-state index in [1.54, 1.807) is 24.3 Å². The molecule has 1 amide bonds. The third kappa shape index (κ3) is 2.86. The number of hydrogen-bond donors (Lipinski definition) is 1. The maximum atomic E-state index is 11.4. The van der Waals surface area contributed by atoms with Crippen LogP contribution >= 0.6 is 0 Å². The standard InChI is InChI=1S/C14H17NO4/c1-18-12(16)9-14(7-4-8-14)19-11-6-3-2-5-10(11)13(15)17/h2-3,5-6H,4,7-9H2,1H3,(H2,15,17). The number of amides is 1. The van der Waals surface area contributed by atoms with Crippen LogP contribution in [0.15, 0.2) is 24.3 Å². The molecule has 19 heavy (non-hydrogen) atoms. The number of nitrogens with two attached hydrogens (primary N) is 1. The highest BCUT2D eigenvalue weighted by Crippen LogP contribution is 2.40. The Kier molecular flexibility index (Phi) is 3.74.